The van der Waals surface area contributed by atoms with Gasteiger partial charge in [0.2, 0.25) is 5.91 Å². The normalized spacial score (nSPS) is 36.8. The van der Waals surface area contributed by atoms with Gasteiger partial charge >= 0.3 is 6.09 Å². The van der Waals surface area contributed by atoms with Crippen LogP contribution in [0.25, 0.3) is 0 Å². The van der Waals surface area contributed by atoms with Crippen LogP contribution in [-0.2, 0) is 14.3 Å². The third-order valence-corrected chi connectivity index (χ3v) is 7.43. The van der Waals surface area contributed by atoms with E-state index in [2.05, 4.69) is 11.8 Å². The molecule has 0 unspecified atom stereocenters. The van der Waals surface area contributed by atoms with Crippen LogP contribution < -0.4 is 0 Å². The Morgan fingerprint density at radius 3 is 2.78 bits per heavy atom. The van der Waals surface area contributed by atoms with Gasteiger partial charge < -0.3 is 19.3 Å². The zero-order valence-corrected chi connectivity index (χ0v) is 16.7. The second-order valence-corrected chi connectivity index (χ2v) is 8.76. The van der Waals surface area contributed by atoms with Crippen molar-refractivity contribution < 1.29 is 19.1 Å². The predicted octanol–water partition coefficient (Wildman–Crippen LogP) is 3.20. The number of ether oxygens (including phenoxy) is 2. The highest BCUT2D eigenvalue weighted by Gasteiger charge is 2.56. The van der Waals surface area contributed by atoms with Crippen molar-refractivity contribution in [3.05, 3.63) is 0 Å². The third kappa shape index (κ3) is 3.45. The van der Waals surface area contributed by atoms with Crippen molar-refractivity contribution in [3.8, 4) is 0 Å². The van der Waals surface area contributed by atoms with E-state index in [-0.39, 0.29) is 17.7 Å². The minimum atomic E-state index is -0.173. The third-order valence-electron chi connectivity index (χ3n) is 7.43. The number of rotatable bonds is 3. The van der Waals surface area contributed by atoms with Crippen molar-refractivity contribution in [2.75, 3.05) is 32.8 Å². The summed E-state index contributed by atoms with van der Waals surface area (Å²) in [6, 6.07) is 0. The monoisotopic (exact) mass is 378 g/mol. The number of carbonyl (C=O) groups is 2. The fourth-order valence-electron chi connectivity index (χ4n) is 6.28. The Morgan fingerprint density at radius 1 is 1.19 bits per heavy atom. The number of nitrogens with zero attached hydrogens (tertiary/aromatic N) is 2. The predicted molar refractivity (Wildman–Crippen MR) is 101 cm³/mol. The Labute approximate surface area is 162 Å². The van der Waals surface area contributed by atoms with Crippen LogP contribution in [0.1, 0.15) is 64.7 Å². The van der Waals surface area contributed by atoms with Crippen molar-refractivity contribution in [1.82, 2.24) is 9.80 Å². The number of carbonyl (C=O) groups excluding carboxylic acids is 2. The summed E-state index contributed by atoms with van der Waals surface area (Å²) in [5.41, 5.74) is 0.0370. The first kappa shape index (κ1) is 19.0. The molecular formula is C21H34N2O4. The summed E-state index contributed by atoms with van der Waals surface area (Å²) in [6.07, 6.45) is 8.89. The van der Waals surface area contributed by atoms with Crippen molar-refractivity contribution in [1.29, 1.82) is 0 Å². The van der Waals surface area contributed by atoms with Crippen LogP contribution >= 0.6 is 0 Å². The van der Waals surface area contributed by atoms with E-state index in [1.807, 2.05) is 0 Å². The molecule has 0 radical (unpaired) electrons. The standard InChI is InChI=1S/C21H34N2O4/c1-2-5-16-17-6-3-7-19(24)23-11-4-9-21(17,23)10-8-18(16)27-20(25)22-12-14-26-15-13-22/h16-18H,2-15H2,1H3/t16-,17+,18+,21-/m1/s1. The largest absolute Gasteiger partial charge is 0.446 e. The quantitative estimate of drug-likeness (QED) is 0.757. The van der Waals surface area contributed by atoms with Gasteiger partial charge in [-0.15, -0.1) is 0 Å². The smallest absolute Gasteiger partial charge is 0.410 e. The maximum Gasteiger partial charge on any atom is 0.410 e. The summed E-state index contributed by atoms with van der Waals surface area (Å²) in [5, 5.41) is 0. The van der Waals surface area contributed by atoms with Gasteiger partial charge in [0, 0.05) is 37.5 Å². The fourth-order valence-corrected chi connectivity index (χ4v) is 6.28. The Balaban J connectivity index is 1.53. The molecule has 1 spiro atoms. The SMILES string of the molecule is CCC[C@H]1[C@@H](OC(=O)N2CCOCC2)CC[C@@]23CCCN2C(=O)CCC[C@@H]13. The van der Waals surface area contributed by atoms with Gasteiger partial charge in [-0.25, -0.2) is 4.79 Å². The lowest BCUT2D eigenvalue weighted by Crippen LogP contribution is -2.58. The Bertz CT molecular complexity index is 562. The lowest BCUT2D eigenvalue weighted by Gasteiger charge is -2.52. The van der Waals surface area contributed by atoms with E-state index in [0.29, 0.717) is 50.5 Å². The van der Waals surface area contributed by atoms with Crippen molar-refractivity contribution in [3.63, 3.8) is 0 Å². The van der Waals surface area contributed by atoms with Gasteiger partial charge in [0.1, 0.15) is 6.10 Å². The number of amides is 2. The first-order valence-corrected chi connectivity index (χ1v) is 11.0. The maximum atomic E-state index is 12.7. The van der Waals surface area contributed by atoms with Crippen molar-refractivity contribution in [2.24, 2.45) is 11.8 Å². The molecule has 6 heteroatoms. The zero-order valence-electron chi connectivity index (χ0n) is 16.7. The highest BCUT2D eigenvalue weighted by molar-refractivity contribution is 5.78. The number of hydrogen-bond acceptors (Lipinski definition) is 4. The molecule has 0 aromatic carbocycles. The highest BCUT2D eigenvalue weighted by Crippen LogP contribution is 2.53. The maximum absolute atomic E-state index is 12.7. The van der Waals surface area contributed by atoms with Gasteiger partial charge in [-0.05, 0) is 50.9 Å². The Kier molecular flexibility index (Phi) is 5.62. The highest BCUT2D eigenvalue weighted by atomic mass is 16.6. The minimum absolute atomic E-state index is 0.00780. The van der Waals surface area contributed by atoms with Gasteiger partial charge in [-0.1, -0.05) is 13.3 Å². The molecule has 0 bridgehead atoms. The lowest BCUT2D eigenvalue weighted by atomic mass is 9.62. The molecule has 6 nitrogen and oxygen atoms in total. The molecular weight excluding hydrogens is 344 g/mol. The van der Waals surface area contributed by atoms with Crippen LogP contribution in [0.4, 0.5) is 4.79 Å². The molecule has 3 saturated heterocycles. The average Bonchev–Trinajstić information content (AvgIpc) is 3.05. The van der Waals surface area contributed by atoms with Crippen LogP contribution in [0.15, 0.2) is 0 Å². The van der Waals surface area contributed by atoms with Gasteiger partial charge in [0.25, 0.3) is 0 Å². The van der Waals surface area contributed by atoms with Gasteiger partial charge in [-0.3, -0.25) is 4.79 Å². The number of morpholine rings is 1. The molecule has 4 atom stereocenters. The van der Waals surface area contributed by atoms with Crippen LogP contribution in [0.2, 0.25) is 0 Å². The van der Waals surface area contributed by atoms with E-state index in [4.69, 9.17) is 9.47 Å². The molecule has 0 aromatic heterocycles. The van der Waals surface area contributed by atoms with Gasteiger partial charge in [0.05, 0.1) is 13.2 Å². The Morgan fingerprint density at radius 2 is 2.00 bits per heavy atom. The van der Waals surface area contributed by atoms with Crippen molar-refractivity contribution >= 4 is 12.0 Å². The molecule has 0 N–H and O–H groups in total. The fraction of sp³-hybridized carbons (Fsp3) is 0.905. The second-order valence-electron chi connectivity index (χ2n) is 8.76. The molecule has 3 aliphatic heterocycles. The van der Waals surface area contributed by atoms with Gasteiger partial charge in [0.15, 0.2) is 0 Å². The van der Waals surface area contributed by atoms with E-state index in [9.17, 15) is 9.59 Å². The van der Waals surface area contributed by atoms with Crippen LogP contribution in [0.3, 0.4) is 0 Å². The van der Waals surface area contributed by atoms with E-state index in [1.165, 1.54) is 0 Å². The van der Waals surface area contributed by atoms with Crippen LogP contribution in [0, 0.1) is 11.8 Å². The van der Waals surface area contributed by atoms with E-state index < -0.39 is 0 Å². The molecule has 1 aliphatic carbocycles. The minimum Gasteiger partial charge on any atom is -0.446 e. The molecule has 3 heterocycles. The summed E-state index contributed by atoms with van der Waals surface area (Å²) in [4.78, 5) is 29.4. The zero-order chi connectivity index (χ0) is 18.9. The van der Waals surface area contributed by atoms with Crippen molar-refractivity contribution in [2.45, 2.75) is 76.4 Å². The molecule has 0 aromatic rings. The summed E-state index contributed by atoms with van der Waals surface area (Å²) in [7, 11) is 0. The molecule has 27 heavy (non-hydrogen) atoms. The molecule has 152 valence electrons. The average molecular weight is 379 g/mol. The summed E-state index contributed by atoms with van der Waals surface area (Å²) < 4.78 is 11.4. The first-order valence-electron chi connectivity index (χ1n) is 11.0. The molecule has 4 aliphatic rings. The first-order chi connectivity index (χ1) is 13.2. The summed E-state index contributed by atoms with van der Waals surface area (Å²) in [5.74, 6) is 1.21. The second kappa shape index (κ2) is 7.98. The van der Waals surface area contributed by atoms with E-state index in [1.54, 1.807) is 4.90 Å². The summed E-state index contributed by atoms with van der Waals surface area (Å²) in [6.45, 7) is 5.59. The molecule has 4 fully saturated rings. The molecule has 4 rings (SSSR count). The molecule has 2 amide bonds. The summed E-state index contributed by atoms with van der Waals surface area (Å²) >= 11 is 0. The van der Waals surface area contributed by atoms with Gasteiger partial charge in [-0.2, -0.15) is 0 Å². The van der Waals surface area contributed by atoms with E-state index in [0.717, 1.165) is 57.9 Å². The van der Waals surface area contributed by atoms with E-state index >= 15 is 0 Å². The topological polar surface area (TPSA) is 59.1 Å². The van der Waals surface area contributed by atoms with Crippen LogP contribution in [-0.4, -0.2) is 66.3 Å². The lowest BCUT2D eigenvalue weighted by molar-refractivity contribution is -0.141. The number of hydrogen-bond donors (Lipinski definition) is 0. The molecule has 1 saturated carbocycles. The Hall–Kier alpha value is -1.30. The van der Waals surface area contributed by atoms with Crippen LogP contribution in [0.5, 0.6) is 0 Å².